The lowest BCUT2D eigenvalue weighted by Gasteiger charge is -1.98. The second-order valence-corrected chi connectivity index (χ2v) is 4.48. The minimum absolute atomic E-state index is 0. The molecular weight excluding hydrogens is 224 g/mol. The molecule has 0 unspecified atom stereocenters. The monoisotopic (exact) mass is 234 g/mol. The maximum absolute atomic E-state index is 4.31. The molecule has 1 aromatic rings. The van der Waals surface area contributed by atoms with Gasteiger partial charge in [-0.15, -0.1) is 23.7 Å². The minimum atomic E-state index is 0. The Morgan fingerprint density at radius 1 is 1.62 bits per heavy atom. The Labute approximate surface area is 92.2 Å². The van der Waals surface area contributed by atoms with E-state index in [1.807, 2.05) is 0 Å². The van der Waals surface area contributed by atoms with E-state index < -0.39 is 0 Å². The number of hydrogen-bond acceptors (Lipinski definition) is 4. The lowest BCUT2D eigenvalue weighted by atomic mass is 10.5. The Kier molecular flexibility index (Phi) is 4.62. The fourth-order valence-electron chi connectivity index (χ4n) is 1.01. The van der Waals surface area contributed by atoms with E-state index in [2.05, 4.69) is 27.8 Å². The zero-order valence-electron chi connectivity index (χ0n) is 7.03. The predicted octanol–water partition coefficient (Wildman–Crippen LogP) is 2.36. The van der Waals surface area contributed by atoms with Gasteiger partial charge in [0.05, 0.1) is 6.54 Å². The van der Waals surface area contributed by atoms with Gasteiger partial charge in [0.15, 0.2) is 5.17 Å². The summed E-state index contributed by atoms with van der Waals surface area (Å²) in [5, 5.41) is 6.45. The van der Waals surface area contributed by atoms with E-state index in [-0.39, 0.29) is 12.4 Å². The Morgan fingerprint density at radius 2 is 2.54 bits per heavy atom. The molecule has 2 heterocycles. The van der Waals surface area contributed by atoms with E-state index in [4.69, 9.17) is 0 Å². The van der Waals surface area contributed by atoms with Crippen molar-refractivity contribution in [2.75, 3.05) is 13.1 Å². The highest BCUT2D eigenvalue weighted by Gasteiger charge is 2.05. The Bertz CT molecular complexity index is 272. The minimum Gasteiger partial charge on any atom is -0.363 e. The number of amidine groups is 1. The third kappa shape index (κ3) is 3.21. The molecule has 0 amide bonds. The van der Waals surface area contributed by atoms with Crippen molar-refractivity contribution in [1.82, 2.24) is 5.32 Å². The van der Waals surface area contributed by atoms with Gasteiger partial charge in [-0.1, -0.05) is 17.8 Å². The zero-order valence-corrected chi connectivity index (χ0v) is 9.47. The van der Waals surface area contributed by atoms with Crippen LogP contribution < -0.4 is 5.32 Å². The van der Waals surface area contributed by atoms with Gasteiger partial charge in [0.2, 0.25) is 0 Å². The summed E-state index contributed by atoms with van der Waals surface area (Å²) < 4.78 is 0. The third-order valence-corrected chi connectivity index (χ3v) is 3.64. The molecule has 1 N–H and O–H groups in total. The molecule has 0 spiro atoms. The van der Waals surface area contributed by atoms with Crippen LogP contribution in [0, 0.1) is 0 Å². The van der Waals surface area contributed by atoms with Gasteiger partial charge in [0.25, 0.3) is 0 Å². The molecule has 0 fully saturated rings. The topological polar surface area (TPSA) is 24.4 Å². The summed E-state index contributed by atoms with van der Waals surface area (Å²) in [5.41, 5.74) is 0. The Hall–Kier alpha value is -0.190. The standard InChI is InChI=1S/C8H10N2S2.ClH/c1-2-7(11-5-1)6-12-8-9-3-4-10-8;/h1-2,5H,3-4,6H2,(H,9,10);1H. The van der Waals surface area contributed by atoms with Crippen molar-refractivity contribution in [1.29, 1.82) is 0 Å². The number of thiophene rings is 1. The first-order valence-electron chi connectivity index (χ1n) is 3.88. The molecule has 72 valence electrons. The second-order valence-electron chi connectivity index (χ2n) is 2.48. The number of aliphatic imine (C=N–C) groups is 1. The molecule has 0 saturated carbocycles. The van der Waals surface area contributed by atoms with E-state index in [0.717, 1.165) is 24.0 Å². The molecule has 1 aliphatic heterocycles. The van der Waals surface area contributed by atoms with Crippen LogP contribution in [0.4, 0.5) is 0 Å². The molecule has 2 rings (SSSR count). The highest BCUT2D eigenvalue weighted by Crippen LogP contribution is 2.18. The van der Waals surface area contributed by atoms with Crippen LogP contribution in [0.15, 0.2) is 22.5 Å². The first-order valence-corrected chi connectivity index (χ1v) is 5.75. The maximum atomic E-state index is 4.31. The van der Waals surface area contributed by atoms with Crippen molar-refractivity contribution in [3.8, 4) is 0 Å². The lowest BCUT2D eigenvalue weighted by Crippen LogP contribution is -2.14. The van der Waals surface area contributed by atoms with Crippen LogP contribution in [0.3, 0.4) is 0 Å². The van der Waals surface area contributed by atoms with Crippen molar-refractivity contribution in [2.24, 2.45) is 4.99 Å². The van der Waals surface area contributed by atoms with Gasteiger partial charge in [0.1, 0.15) is 0 Å². The molecule has 0 radical (unpaired) electrons. The molecule has 0 saturated heterocycles. The maximum Gasteiger partial charge on any atom is 0.157 e. The zero-order chi connectivity index (χ0) is 8.23. The summed E-state index contributed by atoms with van der Waals surface area (Å²) in [7, 11) is 0. The van der Waals surface area contributed by atoms with Crippen LogP contribution >= 0.6 is 35.5 Å². The summed E-state index contributed by atoms with van der Waals surface area (Å²) in [6.07, 6.45) is 0. The van der Waals surface area contributed by atoms with Crippen LogP contribution in [-0.2, 0) is 5.75 Å². The quantitative estimate of drug-likeness (QED) is 0.850. The fraction of sp³-hybridized carbons (Fsp3) is 0.375. The molecule has 0 aromatic carbocycles. The number of rotatable bonds is 2. The van der Waals surface area contributed by atoms with Gasteiger partial charge in [-0.05, 0) is 11.4 Å². The van der Waals surface area contributed by atoms with Gasteiger partial charge in [-0.2, -0.15) is 0 Å². The summed E-state index contributed by atoms with van der Waals surface area (Å²) in [4.78, 5) is 5.72. The van der Waals surface area contributed by atoms with Crippen molar-refractivity contribution < 1.29 is 0 Å². The van der Waals surface area contributed by atoms with Crippen molar-refractivity contribution in [2.45, 2.75) is 5.75 Å². The summed E-state index contributed by atoms with van der Waals surface area (Å²) in [6, 6.07) is 4.25. The van der Waals surface area contributed by atoms with Crippen molar-refractivity contribution >= 4 is 40.7 Å². The average Bonchev–Trinajstić information content (AvgIpc) is 2.74. The number of nitrogens with one attached hydrogen (secondary N) is 1. The van der Waals surface area contributed by atoms with Gasteiger partial charge >= 0.3 is 0 Å². The largest absolute Gasteiger partial charge is 0.363 e. The molecule has 1 aliphatic rings. The van der Waals surface area contributed by atoms with Crippen LogP contribution in [-0.4, -0.2) is 18.3 Å². The summed E-state index contributed by atoms with van der Waals surface area (Å²) in [5.74, 6) is 1.05. The smallest absolute Gasteiger partial charge is 0.157 e. The molecule has 0 bridgehead atoms. The first kappa shape index (κ1) is 10.9. The van der Waals surface area contributed by atoms with E-state index >= 15 is 0 Å². The summed E-state index contributed by atoms with van der Waals surface area (Å²) >= 11 is 3.59. The molecule has 1 aromatic heterocycles. The van der Waals surface area contributed by atoms with Crippen LogP contribution in [0.5, 0.6) is 0 Å². The van der Waals surface area contributed by atoms with E-state index in [0.29, 0.717) is 0 Å². The van der Waals surface area contributed by atoms with Gasteiger partial charge in [-0.3, -0.25) is 4.99 Å². The second kappa shape index (κ2) is 5.52. The number of thioether (sulfide) groups is 1. The summed E-state index contributed by atoms with van der Waals surface area (Å²) in [6.45, 7) is 1.94. The molecule has 13 heavy (non-hydrogen) atoms. The van der Waals surface area contributed by atoms with Gasteiger partial charge in [-0.25, -0.2) is 0 Å². The van der Waals surface area contributed by atoms with E-state index in [9.17, 15) is 0 Å². The van der Waals surface area contributed by atoms with Crippen molar-refractivity contribution in [3.63, 3.8) is 0 Å². The molecule has 0 aliphatic carbocycles. The van der Waals surface area contributed by atoms with Crippen LogP contribution in [0.1, 0.15) is 4.88 Å². The molecule has 5 heteroatoms. The SMILES string of the molecule is Cl.c1csc(CSC2=NCCN2)c1. The number of halogens is 1. The van der Waals surface area contributed by atoms with E-state index in [1.54, 1.807) is 23.1 Å². The highest BCUT2D eigenvalue weighted by atomic mass is 35.5. The molecule has 0 atom stereocenters. The predicted molar refractivity (Wildman–Crippen MR) is 63.2 cm³/mol. The lowest BCUT2D eigenvalue weighted by molar-refractivity contribution is 0.963. The normalized spacial score (nSPS) is 14.6. The highest BCUT2D eigenvalue weighted by molar-refractivity contribution is 8.13. The fourth-order valence-corrected chi connectivity index (χ4v) is 2.71. The Balaban J connectivity index is 0.000000845. The van der Waals surface area contributed by atoms with E-state index in [1.165, 1.54) is 4.88 Å². The molecule has 2 nitrogen and oxygen atoms in total. The van der Waals surface area contributed by atoms with Gasteiger partial charge < -0.3 is 5.32 Å². The van der Waals surface area contributed by atoms with Crippen LogP contribution in [0.25, 0.3) is 0 Å². The third-order valence-electron chi connectivity index (χ3n) is 1.57. The Morgan fingerprint density at radius 3 is 3.15 bits per heavy atom. The van der Waals surface area contributed by atoms with Crippen molar-refractivity contribution in [3.05, 3.63) is 22.4 Å². The number of nitrogens with zero attached hydrogens (tertiary/aromatic N) is 1. The average molecular weight is 235 g/mol. The van der Waals surface area contributed by atoms with Crippen LogP contribution in [0.2, 0.25) is 0 Å². The first-order chi connectivity index (χ1) is 5.95. The number of hydrogen-bond donors (Lipinski definition) is 1. The molecular formula is C8H11ClN2S2. The van der Waals surface area contributed by atoms with Gasteiger partial charge in [0, 0.05) is 17.2 Å².